The van der Waals surface area contributed by atoms with E-state index < -0.39 is 10.8 Å². The summed E-state index contributed by atoms with van der Waals surface area (Å²) in [5.74, 6) is 0.561. The quantitative estimate of drug-likeness (QED) is 0.440. The number of carbonyl (C=O) groups is 1. The summed E-state index contributed by atoms with van der Waals surface area (Å²) in [5, 5.41) is 20.7. The molecule has 3 rings (SSSR count). The minimum atomic E-state index is -0.705. The van der Waals surface area contributed by atoms with Crippen LogP contribution in [-0.2, 0) is 6.54 Å². The molecule has 0 unspecified atom stereocenters. The van der Waals surface area contributed by atoms with E-state index in [1.807, 2.05) is 4.57 Å². The largest absolute Gasteiger partial charge is 0.366 e. The van der Waals surface area contributed by atoms with Crippen LogP contribution < -0.4 is 5.73 Å². The second-order valence-electron chi connectivity index (χ2n) is 6.48. The molecule has 0 aliphatic heterocycles. The highest BCUT2D eigenvalue weighted by Crippen LogP contribution is 2.37. The molecule has 1 fully saturated rings. The second-order valence-corrected chi connectivity index (χ2v) is 7.49. The lowest BCUT2D eigenvalue weighted by molar-refractivity contribution is -0.387. The van der Waals surface area contributed by atoms with Crippen LogP contribution in [0.4, 0.5) is 5.69 Å². The van der Waals surface area contributed by atoms with Crippen molar-refractivity contribution in [3.05, 3.63) is 52.4 Å². The minimum absolute atomic E-state index is 0.0986. The third-order valence-corrected chi connectivity index (χ3v) is 5.72. The highest BCUT2D eigenvalue weighted by molar-refractivity contribution is 7.99. The number of benzene rings is 1. The van der Waals surface area contributed by atoms with E-state index in [-0.39, 0.29) is 11.3 Å². The molecular weight excluding hydrogens is 366 g/mol. The van der Waals surface area contributed by atoms with E-state index in [9.17, 15) is 14.9 Å². The predicted octanol–water partition coefficient (Wildman–Crippen LogP) is 3.67. The minimum Gasteiger partial charge on any atom is -0.366 e. The first-order valence-corrected chi connectivity index (χ1v) is 9.63. The molecule has 1 amide bonds. The molecule has 1 saturated carbocycles. The molecule has 2 aromatic rings. The van der Waals surface area contributed by atoms with Gasteiger partial charge in [0.2, 0.25) is 5.91 Å². The van der Waals surface area contributed by atoms with Crippen LogP contribution in [0.25, 0.3) is 0 Å². The normalized spacial score (nSPS) is 14.8. The van der Waals surface area contributed by atoms with Gasteiger partial charge in [0.15, 0.2) is 5.16 Å². The lowest BCUT2D eigenvalue weighted by Gasteiger charge is -2.21. The van der Waals surface area contributed by atoms with E-state index in [1.165, 1.54) is 37.5 Å². The number of aromatic nitrogens is 3. The number of hydrogen-bond acceptors (Lipinski definition) is 6. The summed E-state index contributed by atoms with van der Waals surface area (Å²) in [5.41, 5.74) is 5.15. The van der Waals surface area contributed by atoms with Crippen molar-refractivity contribution in [2.24, 2.45) is 5.73 Å². The van der Waals surface area contributed by atoms with Crippen molar-refractivity contribution >= 4 is 23.4 Å². The van der Waals surface area contributed by atoms with Gasteiger partial charge in [0.05, 0.1) is 9.82 Å². The van der Waals surface area contributed by atoms with E-state index >= 15 is 0 Å². The molecule has 1 aromatic heterocycles. The number of allylic oxidation sites excluding steroid dienone is 1. The summed E-state index contributed by atoms with van der Waals surface area (Å²) in [6.45, 7) is 4.34. The third kappa shape index (κ3) is 4.19. The molecule has 0 atom stereocenters. The highest BCUT2D eigenvalue weighted by atomic mass is 32.2. The Kier molecular flexibility index (Phi) is 5.90. The number of amides is 1. The third-order valence-electron chi connectivity index (χ3n) is 4.67. The van der Waals surface area contributed by atoms with Gasteiger partial charge in [-0.05, 0) is 36.7 Å². The van der Waals surface area contributed by atoms with Crippen LogP contribution in [-0.4, -0.2) is 25.6 Å². The lowest BCUT2D eigenvalue weighted by Crippen LogP contribution is -2.12. The van der Waals surface area contributed by atoms with Gasteiger partial charge in [0, 0.05) is 24.1 Å². The number of nitro groups is 1. The van der Waals surface area contributed by atoms with Crippen molar-refractivity contribution in [1.29, 1.82) is 0 Å². The van der Waals surface area contributed by atoms with E-state index in [2.05, 4.69) is 16.8 Å². The van der Waals surface area contributed by atoms with Crippen LogP contribution >= 0.6 is 11.8 Å². The first-order chi connectivity index (χ1) is 13.0. The van der Waals surface area contributed by atoms with Gasteiger partial charge in [-0.15, -0.1) is 16.8 Å². The van der Waals surface area contributed by atoms with Gasteiger partial charge in [-0.25, -0.2) is 0 Å². The maximum absolute atomic E-state index is 11.4. The van der Waals surface area contributed by atoms with Crippen LogP contribution in [0.1, 0.15) is 54.2 Å². The fourth-order valence-electron chi connectivity index (χ4n) is 3.34. The van der Waals surface area contributed by atoms with Crippen molar-refractivity contribution in [3.8, 4) is 0 Å². The molecule has 9 heteroatoms. The SMILES string of the molecule is C=CCn1c(Sc2ccc(C(N)=O)cc2[N+](=O)[O-])nnc1C1CCCCC1. The molecule has 1 aliphatic carbocycles. The summed E-state index contributed by atoms with van der Waals surface area (Å²) in [6.07, 6.45) is 7.51. The Morgan fingerprint density at radius 2 is 2.11 bits per heavy atom. The fourth-order valence-corrected chi connectivity index (χ4v) is 4.27. The Balaban J connectivity index is 1.95. The number of carbonyl (C=O) groups excluding carboxylic acids is 1. The standard InChI is InChI=1S/C18H21N5O3S/c1-2-10-22-17(12-6-4-3-5-7-12)20-21-18(22)27-15-9-8-13(16(19)24)11-14(15)23(25)26/h2,8-9,11-12H,1,3-7,10H2,(H2,19,24). The summed E-state index contributed by atoms with van der Waals surface area (Å²) >= 11 is 1.16. The van der Waals surface area contributed by atoms with Gasteiger partial charge in [-0.3, -0.25) is 14.9 Å². The average Bonchev–Trinajstić information content (AvgIpc) is 3.05. The molecular formula is C18H21N5O3S. The first-order valence-electron chi connectivity index (χ1n) is 8.81. The second kappa shape index (κ2) is 8.34. The number of rotatable bonds is 7. The van der Waals surface area contributed by atoms with Crippen LogP contribution in [0.5, 0.6) is 0 Å². The Hall–Kier alpha value is -2.68. The molecule has 0 spiro atoms. The van der Waals surface area contributed by atoms with Gasteiger partial charge in [0.1, 0.15) is 5.82 Å². The summed E-state index contributed by atoms with van der Waals surface area (Å²) < 4.78 is 1.97. The van der Waals surface area contributed by atoms with Gasteiger partial charge in [0.25, 0.3) is 5.69 Å². The molecule has 0 radical (unpaired) electrons. The zero-order valence-corrected chi connectivity index (χ0v) is 15.7. The van der Waals surface area contributed by atoms with Crippen molar-refractivity contribution in [3.63, 3.8) is 0 Å². The van der Waals surface area contributed by atoms with Gasteiger partial charge in [-0.1, -0.05) is 25.3 Å². The zero-order chi connectivity index (χ0) is 19.4. The fraction of sp³-hybridized carbons (Fsp3) is 0.389. The number of hydrogen-bond donors (Lipinski definition) is 1. The van der Waals surface area contributed by atoms with E-state index in [1.54, 1.807) is 6.08 Å². The molecule has 2 N–H and O–H groups in total. The van der Waals surface area contributed by atoms with Gasteiger partial charge < -0.3 is 10.3 Å². The summed E-state index contributed by atoms with van der Waals surface area (Å²) in [7, 11) is 0. The number of nitrogens with two attached hydrogens (primary N) is 1. The summed E-state index contributed by atoms with van der Waals surface area (Å²) in [4.78, 5) is 22.6. The van der Waals surface area contributed by atoms with Crippen molar-refractivity contribution in [1.82, 2.24) is 14.8 Å². The van der Waals surface area contributed by atoms with Gasteiger partial charge in [-0.2, -0.15) is 0 Å². The number of primary amides is 1. The maximum atomic E-state index is 11.4. The summed E-state index contributed by atoms with van der Waals surface area (Å²) in [6, 6.07) is 4.20. The predicted molar refractivity (Wildman–Crippen MR) is 102 cm³/mol. The molecule has 1 aromatic carbocycles. The highest BCUT2D eigenvalue weighted by Gasteiger charge is 2.25. The van der Waals surface area contributed by atoms with Crippen LogP contribution in [0.2, 0.25) is 0 Å². The Morgan fingerprint density at radius 1 is 1.37 bits per heavy atom. The molecule has 1 aliphatic rings. The van der Waals surface area contributed by atoms with Crippen molar-refractivity contribution in [2.75, 3.05) is 0 Å². The van der Waals surface area contributed by atoms with E-state index in [0.29, 0.717) is 22.5 Å². The molecule has 0 bridgehead atoms. The zero-order valence-electron chi connectivity index (χ0n) is 14.8. The molecule has 142 valence electrons. The first kappa shape index (κ1) is 19.1. The monoisotopic (exact) mass is 387 g/mol. The topological polar surface area (TPSA) is 117 Å². The van der Waals surface area contributed by atoms with Crippen molar-refractivity contribution < 1.29 is 9.72 Å². The van der Waals surface area contributed by atoms with Crippen LogP contribution in [0, 0.1) is 10.1 Å². The number of nitrogens with zero attached hydrogens (tertiary/aromatic N) is 4. The van der Waals surface area contributed by atoms with E-state index in [0.717, 1.165) is 30.4 Å². The Bertz CT molecular complexity index is 874. The lowest BCUT2D eigenvalue weighted by atomic mass is 9.89. The van der Waals surface area contributed by atoms with Crippen molar-refractivity contribution in [2.45, 2.75) is 54.6 Å². The average molecular weight is 387 g/mol. The smallest absolute Gasteiger partial charge is 0.284 e. The molecule has 1 heterocycles. The maximum Gasteiger partial charge on any atom is 0.284 e. The van der Waals surface area contributed by atoms with Gasteiger partial charge >= 0.3 is 0 Å². The van der Waals surface area contributed by atoms with Crippen LogP contribution in [0.3, 0.4) is 0 Å². The van der Waals surface area contributed by atoms with Crippen LogP contribution in [0.15, 0.2) is 40.9 Å². The van der Waals surface area contributed by atoms with E-state index in [4.69, 9.17) is 5.73 Å². The number of nitro benzene ring substituents is 1. The molecule has 8 nitrogen and oxygen atoms in total. The Morgan fingerprint density at radius 3 is 2.74 bits per heavy atom. The Labute approximate surface area is 161 Å². The molecule has 0 saturated heterocycles. The molecule has 27 heavy (non-hydrogen) atoms.